The van der Waals surface area contributed by atoms with Crippen LogP contribution >= 0.6 is 0 Å². The maximum absolute atomic E-state index is 12.4. The highest BCUT2D eigenvalue weighted by Gasteiger charge is 2.32. The van der Waals surface area contributed by atoms with Crippen LogP contribution in [0.25, 0.3) is 0 Å². The first-order chi connectivity index (χ1) is 11.1. The third-order valence-electron chi connectivity index (χ3n) is 6.39. The molecule has 4 nitrogen and oxygen atoms in total. The van der Waals surface area contributed by atoms with Gasteiger partial charge in [0.1, 0.15) is 6.10 Å². The smallest absolute Gasteiger partial charge is 0.309 e. The van der Waals surface area contributed by atoms with Crippen LogP contribution in [0.1, 0.15) is 65.2 Å². The molecule has 0 aromatic heterocycles. The molecule has 3 aliphatic rings. The molecule has 2 aliphatic carbocycles. The Balaban J connectivity index is 1.38. The van der Waals surface area contributed by atoms with E-state index in [1.165, 1.54) is 25.7 Å². The zero-order valence-corrected chi connectivity index (χ0v) is 14.9. The number of nitrogens with one attached hydrogen (secondary N) is 2. The summed E-state index contributed by atoms with van der Waals surface area (Å²) in [6.07, 6.45) is 9.61. The number of esters is 1. The average molecular weight is 322 g/mol. The van der Waals surface area contributed by atoms with E-state index in [2.05, 4.69) is 24.5 Å². The van der Waals surface area contributed by atoms with Crippen LogP contribution in [0.15, 0.2) is 0 Å². The Kier molecular flexibility index (Phi) is 5.97. The van der Waals surface area contributed by atoms with Gasteiger partial charge < -0.3 is 15.4 Å². The molecule has 0 aromatic carbocycles. The third kappa shape index (κ3) is 4.69. The van der Waals surface area contributed by atoms with Crippen molar-refractivity contribution in [1.82, 2.24) is 10.6 Å². The molecule has 0 atom stereocenters. The molecule has 3 rings (SSSR count). The molecule has 0 bridgehead atoms. The van der Waals surface area contributed by atoms with Crippen molar-refractivity contribution in [2.75, 3.05) is 13.1 Å². The maximum Gasteiger partial charge on any atom is 0.309 e. The molecule has 1 heterocycles. The molecule has 0 aromatic rings. The van der Waals surface area contributed by atoms with Gasteiger partial charge in [0, 0.05) is 13.1 Å². The minimum absolute atomic E-state index is 0.0928. The first-order valence-corrected chi connectivity index (χ1v) is 9.79. The number of rotatable bonds is 3. The first kappa shape index (κ1) is 17.2. The van der Waals surface area contributed by atoms with Crippen molar-refractivity contribution in [3.8, 4) is 0 Å². The lowest BCUT2D eigenvalue weighted by molar-refractivity contribution is -0.157. The van der Waals surface area contributed by atoms with Gasteiger partial charge in [-0.15, -0.1) is 0 Å². The fraction of sp³-hybridized carbons (Fsp3) is 0.947. The predicted molar refractivity (Wildman–Crippen MR) is 91.9 cm³/mol. The fourth-order valence-electron chi connectivity index (χ4n) is 4.57. The molecule has 0 amide bonds. The fourth-order valence-corrected chi connectivity index (χ4v) is 4.57. The highest BCUT2D eigenvalue weighted by Crippen LogP contribution is 2.34. The van der Waals surface area contributed by atoms with Crippen molar-refractivity contribution in [3.05, 3.63) is 0 Å². The van der Waals surface area contributed by atoms with Crippen LogP contribution in [0.4, 0.5) is 0 Å². The van der Waals surface area contributed by atoms with Crippen LogP contribution in [-0.4, -0.2) is 31.3 Å². The normalized spacial score (nSPS) is 42.2. The topological polar surface area (TPSA) is 50.4 Å². The number of hydrogen-bond acceptors (Lipinski definition) is 4. The summed E-state index contributed by atoms with van der Waals surface area (Å²) in [5.74, 6) is 2.58. The van der Waals surface area contributed by atoms with Crippen molar-refractivity contribution >= 4 is 5.97 Å². The average Bonchev–Trinajstić information content (AvgIpc) is 2.57. The quantitative estimate of drug-likeness (QED) is 0.784. The summed E-state index contributed by atoms with van der Waals surface area (Å²) in [5.41, 5.74) is 0. The monoisotopic (exact) mass is 322 g/mol. The molecule has 0 unspecified atom stereocenters. The predicted octanol–water partition coefficient (Wildman–Crippen LogP) is 3.07. The molecule has 4 heteroatoms. The van der Waals surface area contributed by atoms with Crippen LogP contribution in [0.2, 0.25) is 0 Å². The highest BCUT2D eigenvalue weighted by atomic mass is 16.5. The summed E-state index contributed by atoms with van der Waals surface area (Å²) >= 11 is 0. The van der Waals surface area contributed by atoms with Gasteiger partial charge in [0.05, 0.1) is 12.1 Å². The van der Waals surface area contributed by atoms with E-state index in [0.29, 0.717) is 6.17 Å². The van der Waals surface area contributed by atoms with Crippen molar-refractivity contribution in [2.45, 2.75) is 77.5 Å². The Morgan fingerprint density at radius 3 is 2.04 bits per heavy atom. The van der Waals surface area contributed by atoms with E-state index in [1.54, 1.807) is 0 Å². The third-order valence-corrected chi connectivity index (χ3v) is 6.39. The van der Waals surface area contributed by atoms with E-state index < -0.39 is 0 Å². The minimum Gasteiger partial charge on any atom is -0.462 e. The molecule has 23 heavy (non-hydrogen) atoms. The van der Waals surface area contributed by atoms with Crippen molar-refractivity contribution in [2.24, 2.45) is 23.7 Å². The second-order valence-electron chi connectivity index (χ2n) is 8.23. The molecular weight excluding hydrogens is 288 g/mol. The van der Waals surface area contributed by atoms with Crippen molar-refractivity contribution < 1.29 is 9.53 Å². The van der Waals surface area contributed by atoms with Crippen molar-refractivity contribution in [3.63, 3.8) is 0 Å². The lowest BCUT2D eigenvalue weighted by Crippen LogP contribution is -2.53. The van der Waals surface area contributed by atoms with E-state index >= 15 is 0 Å². The summed E-state index contributed by atoms with van der Waals surface area (Å²) in [4.78, 5) is 12.4. The Labute approximate surface area is 141 Å². The van der Waals surface area contributed by atoms with Crippen LogP contribution in [0.5, 0.6) is 0 Å². The van der Waals surface area contributed by atoms with Gasteiger partial charge in [-0.2, -0.15) is 0 Å². The van der Waals surface area contributed by atoms with E-state index in [1.807, 2.05) is 0 Å². The maximum atomic E-state index is 12.4. The van der Waals surface area contributed by atoms with Crippen LogP contribution in [0.3, 0.4) is 0 Å². The molecule has 1 aliphatic heterocycles. The van der Waals surface area contributed by atoms with Crippen molar-refractivity contribution in [1.29, 1.82) is 0 Å². The number of carbonyl (C=O) groups excluding carboxylic acids is 1. The molecule has 0 spiro atoms. The number of hydrogen-bond donors (Lipinski definition) is 2. The molecule has 132 valence electrons. The van der Waals surface area contributed by atoms with Gasteiger partial charge in [-0.3, -0.25) is 4.79 Å². The Bertz CT molecular complexity index is 377. The molecule has 3 fully saturated rings. The highest BCUT2D eigenvalue weighted by molar-refractivity contribution is 5.72. The lowest BCUT2D eigenvalue weighted by Gasteiger charge is -2.38. The number of ether oxygens (including phenoxy) is 1. The van der Waals surface area contributed by atoms with Crippen LogP contribution in [0, 0.1) is 23.7 Å². The lowest BCUT2D eigenvalue weighted by atomic mass is 9.78. The van der Waals surface area contributed by atoms with Gasteiger partial charge in [0.2, 0.25) is 0 Å². The van der Waals surface area contributed by atoms with Crippen LogP contribution in [-0.2, 0) is 9.53 Å². The second kappa shape index (κ2) is 7.98. The molecule has 2 N–H and O–H groups in total. The van der Waals surface area contributed by atoms with Gasteiger partial charge in [-0.25, -0.2) is 0 Å². The summed E-state index contributed by atoms with van der Waals surface area (Å²) in [7, 11) is 0. The summed E-state index contributed by atoms with van der Waals surface area (Å²) in [6.45, 7) is 6.73. The zero-order chi connectivity index (χ0) is 16.2. The van der Waals surface area contributed by atoms with Gasteiger partial charge in [-0.1, -0.05) is 6.92 Å². The molecule has 2 saturated carbocycles. The standard InChI is InChI=1S/C19H34N2O2/c1-13-3-5-16(6-4-13)19(22)23-18-9-7-15(8-10-18)17-11-20-14(2)21-12-17/h13-18,20-21H,3-12H2,1-2H3. The van der Waals surface area contributed by atoms with E-state index in [0.717, 1.165) is 56.5 Å². The zero-order valence-electron chi connectivity index (χ0n) is 14.9. The minimum atomic E-state index is 0.0928. The molecular formula is C19H34N2O2. The second-order valence-corrected chi connectivity index (χ2v) is 8.23. The Morgan fingerprint density at radius 2 is 1.43 bits per heavy atom. The van der Waals surface area contributed by atoms with E-state index in [9.17, 15) is 4.79 Å². The van der Waals surface area contributed by atoms with Gasteiger partial charge in [0.25, 0.3) is 0 Å². The molecule has 1 saturated heterocycles. The SMILES string of the molecule is CC1CCC(C(=O)OC2CCC(C3CNC(C)NC3)CC2)CC1. The van der Waals surface area contributed by atoms with E-state index in [-0.39, 0.29) is 18.0 Å². The summed E-state index contributed by atoms with van der Waals surface area (Å²) < 4.78 is 5.85. The first-order valence-electron chi connectivity index (χ1n) is 9.79. The van der Waals surface area contributed by atoms with Gasteiger partial charge in [-0.05, 0) is 76.0 Å². The molecule has 0 radical (unpaired) electrons. The Morgan fingerprint density at radius 1 is 0.826 bits per heavy atom. The largest absolute Gasteiger partial charge is 0.462 e. The summed E-state index contributed by atoms with van der Waals surface area (Å²) in [6, 6.07) is 0. The Hall–Kier alpha value is -0.610. The van der Waals surface area contributed by atoms with E-state index in [4.69, 9.17) is 4.74 Å². The number of carbonyl (C=O) groups is 1. The van der Waals surface area contributed by atoms with Crippen LogP contribution < -0.4 is 10.6 Å². The summed E-state index contributed by atoms with van der Waals surface area (Å²) in [5, 5.41) is 7.05. The van der Waals surface area contributed by atoms with Gasteiger partial charge in [0.15, 0.2) is 0 Å². The van der Waals surface area contributed by atoms with Gasteiger partial charge >= 0.3 is 5.97 Å².